The molecule has 1 aliphatic rings. The zero-order valence-electron chi connectivity index (χ0n) is 14.9. The van der Waals surface area contributed by atoms with Crippen molar-refractivity contribution in [1.82, 2.24) is 20.1 Å². The van der Waals surface area contributed by atoms with Crippen LogP contribution in [-0.4, -0.2) is 66.1 Å². The summed E-state index contributed by atoms with van der Waals surface area (Å²) in [4.78, 5) is 20.1. The molecule has 26 heavy (non-hydrogen) atoms. The summed E-state index contributed by atoms with van der Waals surface area (Å²) < 4.78 is 10.2. The number of carbonyl (C=O) groups excluding carboxylic acids is 1. The van der Waals surface area contributed by atoms with E-state index in [1.54, 1.807) is 25.1 Å². The van der Waals surface area contributed by atoms with Crippen LogP contribution >= 0.6 is 0 Å². The number of carbonyl (C=O) groups is 1. The normalized spacial score (nSPS) is 14.1. The maximum atomic E-state index is 11.8. The molecule has 0 unspecified atom stereocenters. The fraction of sp³-hybridized carbons (Fsp3) is 0.412. The number of ether oxygens (including phenoxy) is 2. The Morgan fingerprint density at radius 3 is 2.58 bits per heavy atom. The molecule has 9 nitrogen and oxygen atoms in total. The molecule has 1 aromatic carbocycles. The van der Waals surface area contributed by atoms with Crippen molar-refractivity contribution in [3.63, 3.8) is 0 Å². The fourth-order valence-electron chi connectivity index (χ4n) is 2.64. The van der Waals surface area contributed by atoms with Gasteiger partial charge < -0.3 is 24.6 Å². The molecule has 1 aliphatic heterocycles. The second kappa shape index (κ2) is 8.32. The van der Waals surface area contributed by atoms with E-state index in [-0.39, 0.29) is 6.09 Å². The molecule has 1 saturated heterocycles. The van der Waals surface area contributed by atoms with Crippen molar-refractivity contribution in [1.29, 1.82) is 0 Å². The molecule has 0 atom stereocenters. The van der Waals surface area contributed by atoms with Gasteiger partial charge in [0.05, 0.1) is 19.9 Å². The molecular formula is C17H22N6O3. The summed E-state index contributed by atoms with van der Waals surface area (Å²) in [6.45, 7) is 4.69. The van der Waals surface area contributed by atoms with Crippen LogP contribution in [0.25, 0.3) is 0 Å². The number of aromatic nitrogens is 3. The van der Waals surface area contributed by atoms with Crippen LogP contribution in [-0.2, 0) is 4.74 Å². The Bertz CT molecular complexity index is 732. The third-order valence-corrected chi connectivity index (χ3v) is 4.02. The standard InChI is InChI=1S/C17H22N6O3/c1-3-26-17(24)23-10-8-22(9-11-23)15-12-18-21-16(20-15)19-13-4-6-14(25-2)7-5-13/h4-7,12H,3,8-11H2,1-2H3,(H,19,20,21). The zero-order valence-corrected chi connectivity index (χ0v) is 14.9. The molecule has 0 spiro atoms. The number of hydrogen-bond donors (Lipinski definition) is 1. The van der Waals surface area contributed by atoms with E-state index in [4.69, 9.17) is 9.47 Å². The fourth-order valence-corrected chi connectivity index (χ4v) is 2.64. The topological polar surface area (TPSA) is 92.7 Å². The minimum atomic E-state index is -0.269. The van der Waals surface area contributed by atoms with E-state index < -0.39 is 0 Å². The summed E-state index contributed by atoms with van der Waals surface area (Å²) in [7, 11) is 1.63. The number of methoxy groups -OCH3 is 1. The van der Waals surface area contributed by atoms with Gasteiger partial charge in [-0.2, -0.15) is 10.1 Å². The molecule has 1 amide bonds. The van der Waals surface area contributed by atoms with Crippen molar-refractivity contribution < 1.29 is 14.3 Å². The Balaban J connectivity index is 1.61. The third-order valence-electron chi connectivity index (χ3n) is 4.02. The van der Waals surface area contributed by atoms with Gasteiger partial charge in [-0.05, 0) is 31.2 Å². The van der Waals surface area contributed by atoms with Gasteiger partial charge in [-0.25, -0.2) is 4.79 Å². The lowest BCUT2D eigenvalue weighted by Gasteiger charge is -2.34. The van der Waals surface area contributed by atoms with Crippen LogP contribution in [0.2, 0.25) is 0 Å². The van der Waals surface area contributed by atoms with E-state index in [9.17, 15) is 4.79 Å². The summed E-state index contributed by atoms with van der Waals surface area (Å²) in [6, 6.07) is 7.47. The van der Waals surface area contributed by atoms with Gasteiger partial charge in [-0.1, -0.05) is 0 Å². The number of nitrogens with zero attached hydrogens (tertiary/aromatic N) is 5. The Kier molecular flexibility index (Phi) is 5.67. The first-order valence-electron chi connectivity index (χ1n) is 8.47. The van der Waals surface area contributed by atoms with Gasteiger partial charge in [-0.15, -0.1) is 5.10 Å². The number of piperazine rings is 1. The lowest BCUT2D eigenvalue weighted by atomic mass is 10.3. The van der Waals surface area contributed by atoms with Gasteiger partial charge >= 0.3 is 6.09 Å². The van der Waals surface area contributed by atoms with E-state index in [0.717, 1.165) is 17.3 Å². The quantitative estimate of drug-likeness (QED) is 0.866. The number of nitrogens with one attached hydrogen (secondary N) is 1. The lowest BCUT2D eigenvalue weighted by Crippen LogP contribution is -2.49. The average Bonchev–Trinajstić information content (AvgIpc) is 2.69. The molecule has 0 saturated carbocycles. The largest absolute Gasteiger partial charge is 0.497 e. The highest BCUT2D eigenvalue weighted by Gasteiger charge is 2.23. The maximum Gasteiger partial charge on any atom is 0.409 e. The van der Waals surface area contributed by atoms with E-state index in [0.29, 0.717) is 38.7 Å². The summed E-state index contributed by atoms with van der Waals surface area (Å²) in [6.07, 6.45) is 1.36. The molecule has 138 valence electrons. The lowest BCUT2D eigenvalue weighted by molar-refractivity contribution is 0.105. The molecule has 3 rings (SSSR count). The van der Waals surface area contributed by atoms with Crippen molar-refractivity contribution in [2.75, 3.05) is 50.1 Å². The second-order valence-corrected chi connectivity index (χ2v) is 5.66. The van der Waals surface area contributed by atoms with Gasteiger partial charge in [0.2, 0.25) is 5.95 Å². The van der Waals surface area contributed by atoms with Crippen LogP contribution in [0.15, 0.2) is 30.5 Å². The van der Waals surface area contributed by atoms with Gasteiger partial charge in [0.25, 0.3) is 0 Å². The van der Waals surface area contributed by atoms with Crippen molar-refractivity contribution >= 4 is 23.5 Å². The van der Waals surface area contributed by atoms with Crippen molar-refractivity contribution in [2.24, 2.45) is 0 Å². The SMILES string of the molecule is CCOC(=O)N1CCN(c2cnnc(Nc3ccc(OC)cc3)n2)CC1. The predicted octanol–water partition coefficient (Wildman–Crippen LogP) is 1.90. The highest BCUT2D eigenvalue weighted by atomic mass is 16.6. The van der Waals surface area contributed by atoms with Gasteiger partial charge in [0, 0.05) is 31.9 Å². The Labute approximate surface area is 151 Å². The molecule has 1 aromatic heterocycles. The highest BCUT2D eigenvalue weighted by Crippen LogP contribution is 2.19. The molecule has 2 aromatic rings. The molecule has 0 aliphatic carbocycles. The Morgan fingerprint density at radius 2 is 1.92 bits per heavy atom. The molecule has 1 N–H and O–H groups in total. The summed E-state index contributed by atoms with van der Waals surface area (Å²) in [5.74, 6) is 1.92. The number of rotatable bonds is 5. The third kappa shape index (κ3) is 4.29. The second-order valence-electron chi connectivity index (χ2n) is 5.66. The molecular weight excluding hydrogens is 336 g/mol. The minimum Gasteiger partial charge on any atom is -0.497 e. The van der Waals surface area contributed by atoms with Crippen LogP contribution < -0.4 is 15.0 Å². The molecule has 2 heterocycles. The summed E-state index contributed by atoms with van der Waals surface area (Å²) in [5, 5.41) is 11.2. The number of benzene rings is 1. The maximum absolute atomic E-state index is 11.8. The highest BCUT2D eigenvalue weighted by molar-refractivity contribution is 5.68. The summed E-state index contributed by atoms with van der Waals surface area (Å²) >= 11 is 0. The Hall–Kier alpha value is -3.10. The Morgan fingerprint density at radius 1 is 1.19 bits per heavy atom. The van der Waals surface area contributed by atoms with Crippen LogP contribution in [0.1, 0.15) is 6.92 Å². The predicted molar refractivity (Wildman–Crippen MR) is 96.9 cm³/mol. The zero-order chi connectivity index (χ0) is 18.4. The monoisotopic (exact) mass is 358 g/mol. The molecule has 0 bridgehead atoms. The number of anilines is 3. The average molecular weight is 358 g/mol. The molecule has 9 heteroatoms. The smallest absolute Gasteiger partial charge is 0.409 e. The van der Waals surface area contributed by atoms with Crippen molar-refractivity contribution in [3.05, 3.63) is 30.5 Å². The first-order chi connectivity index (χ1) is 12.7. The van der Waals surface area contributed by atoms with Crippen LogP contribution in [0, 0.1) is 0 Å². The van der Waals surface area contributed by atoms with Crippen molar-refractivity contribution in [2.45, 2.75) is 6.92 Å². The van der Waals surface area contributed by atoms with Crippen LogP contribution in [0.5, 0.6) is 5.75 Å². The minimum absolute atomic E-state index is 0.269. The van der Waals surface area contributed by atoms with Gasteiger partial charge in [-0.3, -0.25) is 0 Å². The van der Waals surface area contributed by atoms with Gasteiger partial charge in [0.1, 0.15) is 5.75 Å². The van der Waals surface area contributed by atoms with Crippen LogP contribution in [0.4, 0.5) is 22.2 Å². The molecule has 0 radical (unpaired) electrons. The van der Waals surface area contributed by atoms with Gasteiger partial charge in [0.15, 0.2) is 5.82 Å². The van der Waals surface area contributed by atoms with E-state index >= 15 is 0 Å². The number of hydrogen-bond acceptors (Lipinski definition) is 8. The number of amides is 1. The summed E-state index contributed by atoms with van der Waals surface area (Å²) in [5.41, 5.74) is 0.844. The first kappa shape index (κ1) is 17.7. The van der Waals surface area contributed by atoms with Crippen molar-refractivity contribution in [3.8, 4) is 5.75 Å². The van der Waals surface area contributed by atoms with E-state index in [1.165, 1.54) is 0 Å². The van der Waals surface area contributed by atoms with Crippen LogP contribution in [0.3, 0.4) is 0 Å². The van der Waals surface area contributed by atoms with E-state index in [1.807, 2.05) is 24.3 Å². The van der Waals surface area contributed by atoms with E-state index in [2.05, 4.69) is 25.4 Å². The first-order valence-corrected chi connectivity index (χ1v) is 8.47. The molecule has 1 fully saturated rings.